The standard InChI is InChI=1S/C10H13IO2/c1-7(11)9-5-4-8(12-2)6-10(9)13-3/h4-7H,1-3H3/t7-/m1/s1. The molecule has 0 saturated heterocycles. The van der Waals surface area contributed by atoms with Gasteiger partial charge in [-0.15, -0.1) is 0 Å². The van der Waals surface area contributed by atoms with Gasteiger partial charge in [-0.1, -0.05) is 28.7 Å². The van der Waals surface area contributed by atoms with Crippen LogP contribution in [0.1, 0.15) is 16.4 Å². The van der Waals surface area contributed by atoms with Crippen LogP contribution in [0.5, 0.6) is 11.5 Å². The van der Waals surface area contributed by atoms with Gasteiger partial charge in [0.05, 0.1) is 14.2 Å². The van der Waals surface area contributed by atoms with Gasteiger partial charge in [-0.25, -0.2) is 0 Å². The van der Waals surface area contributed by atoms with Crippen molar-refractivity contribution in [1.82, 2.24) is 0 Å². The van der Waals surface area contributed by atoms with E-state index in [0.29, 0.717) is 3.92 Å². The SMILES string of the molecule is COc1ccc([C@@H](C)I)c(OC)c1. The maximum absolute atomic E-state index is 5.26. The summed E-state index contributed by atoms with van der Waals surface area (Å²) in [6.45, 7) is 2.13. The molecule has 0 saturated carbocycles. The van der Waals surface area contributed by atoms with Crippen LogP contribution in [0.15, 0.2) is 18.2 Å². The van der Waals surface area contributed by atoms with Gasteiger partial charge in [-0.05, 0) is 13.0 Å². The summed E-state index contributed by atoms with van der Waals surface area (Å²) >= 11 is 2.36. The Morgan fingerprint density at radius 1 is 1.23 bits per heavy atom. The zero-order valence-electron chi connectivity index (χ0n) is 8.00. The van der Waals surface area contributed by atoms with Crippen molar-refractivity contribution < 1.29 is 9.47 Å². The Bertz CT molecular complexity index is 284. The molecular formula is C10H13IO2. The van der Waals surface area contributed by atoms with Crippen molar-refractivity contribution in [3.05, 3.63) is 23.8 Å². The lowest BCUT2D eigenvalue weighted by molar-refractivity contribution is 0.391. The molecule has 1 aromatic carbocycles. The van der Waals surface area contributed by atoms with E-state index in [2.05, 4.69) is 29.5 Å². The highest BCUT2D eigenvalue weighted by Crippen LogP contribution is 2.33. The zero-order chi connectivity index (χ0) is 9.84. The molecule has 0 aliphatic rings. The maximum atomic E-state index is 5.26. The average molecular weight is 292 g/mol. The molecule has 3 heteroatoms. The van der Waals surface area contributed by atoms with Gasteiger partial charge in [0, 0.05) is 15.6 Å². The third-order valence-corrected chi connectivity index (χ3v) is 2.54. The van der Waals surface area contributed by atoms with Crippen LogP contribution in [-0.2, 0) is 0 Å². The minimum absolute atomic E-state index is 0.443. The van der Waals surface area contributed by atoms with E-state index >= 15 is 0 Å². The van der Waals surface area contributed by atoms with Crippen LogP contribution in [0.2, 0.25) is 0 Å². The Morgan fingerprint density at radius 3 is 2.38 bits per heavy atom. The van der Waals surface area contributed by atoms with E-state index in [1.165, 1.54) is 5.56 Å². The molecule has 72 valence electrons. The van der Waals surface area contributed by atoms with E-state index in [9.17, 15) is 0 Å². The monoisotopic (exact) mass is 292 g/mol. The van der Waals surface area contributed by atoms with Gasteiger partial charge in [-0.2, -0.15) is 0 Å². The molecule has 0 aliphatic carbocycles. The van der Waals surface area contributed by atoms with Crippen LogP contribution < -0.4 is 9.47 Å². The zero-order valence-corrected chi connectivity index (χ0v) is 10.2. The summed E-state index contributed by atoms with van der Waals surface area (Å²) in [6, 6.07) is 5.90. The Labute approximate surface area is 92.4 Å². The lowest BCUT2D eigenvalue weighted by atomic mass is 10.1. The highest BCUT2D eigenvalue weighted by atomic mass is 127. The predicted molar refractivity (Wildman–Crippen MR) is 62.0 cm³/mol. The van der Waals surface area contributed by atoms with Crippen LogP contribution >= 0.6 is 22.6 Å². The second-order valence-corrected chi connectivity index (χ2v) is 4.59. The molecule has 13 heavy (non-hydrogen) atoms. The summed E-state index contributed by atoms with van der Waals surface area (Å²) in [7, 11) is 3.33. The van der Waals surface area contributed by atoms with Crippen LogP contribution in [0.4, 0.5) is 0 Å². The van der Waals surface area contributed by atoms with Gasteiger partial charge in [0.15, 0.2) is 0 Å². The topological polar surface area (TPSA) is 18.5 Å². The van der Waals surface area contributed by atoms with Crippen molar-refractivity contribution >= 4 is 22.6 Å². The molecule has 0 bridgehead atoms. The average Bonchev–Trinajstić information content (AvgIpc) is 2.16. The van der Waals surface area contributed by atoms with Crippen LogP contribution in [0.25, 0.3) is 0 Å². The minimum atomic E-state index is 0.443. The first-order valence-corrected chi connectivity index (χ1v) is 5.29. The lowest BCUT2D eigenvalue weighted by Gasteiger charge is -2.11. The molecule has 0 unspecified atom stereocenters. The molecule has 0 amide bonds. The molecule has 0 aromatic heterocycles. The predicted octanol–water partition coefficient (Wildman–Crippen LogP) is 3.20. The Balaban J connectivity index is 3.08. The summed E-state index contributed by atoms with van der Waals surface area (Å²) in [5, 5.41) is 0. The van der Waals surface area contributed by atoms with E-state index in [-0.39, 0.29) is 0 Å². The highest BCUT2D eigenvalue weighted by Gasteiger charge is 2.08. The van der Waals surface area contributed by atoms with Crippen LogP contribution in [-0.4, -0.2) is 14.2 Å². The lowest BCUT2D eigenvalue weighted by Crippen LogP contribution is -1.93. The summed E-state index contributed by atoms with van der Waals surface area (Å²) in [6.07, 6.45) is 0. The Morgan fingerprint density at radius 2 is 1.92 bits per heavy atom. The molecule has 0 radical (unpaired) electrons. The number of benzene rings is 1. The number of alkyl halides is 1. The number of hydrogen-bond donors (Lipinski definition) is 0. The molecule has 1 aromatic rings. The van der Waals surface area contributed by atoms with Crippen molar-refractivity contribution in [2.45, 2.75) is 10.8 Å². The van der Waals surface area contributed by atoms with Gasteiger partial charge in [0.1, 0.15) is 11.5 Å². The summed E-state index contributed by atoms with van der Waals surface area (Å²) in [5.41, 5.74) is 1.20. The Hall–Kier alpha value is -0.450. The first kappa shape index (κ1) is 10.6. The Kier molecular flexibility index (Phi) is 3.84. The number of ether oxygens (including phenoxy) is 2. The molecule has 0 heterocycles. The molecule has 2 nitrogen and oxygen atoms in total. The van der Waals surface area contributed by atoms with E-state index < -0.39 is 0 Å². The third kappa shape index (κ3) is 2.49. The van der Waals surface area contributed by atoms with Crippen molar-refractivity contribution in [2.75, 3.05) is 14.2 Å². The van der Waals surface area contributed by atoms with Gasteiger partial charge >= 0.3 is 0 Å². The number of hydrogen-bond acceptors (Lipinski definition) is 2. The second-order valence-electron chi connectivity index (χ2n) is 2.72. The van der Waals surface area contributed by atoms with Gasteiger partial charge in [-0.3, -0.25) is 0 Å². The fraction of sp³-hybridized carbons (Fsp3) is 0.400. The van der Waals surface area contributed by atoms with Crippen molar-refractivity contribution in [3.63, 3.8) is 0 Å². The highest BCUT2D eigenvalue weighted by molar-refractivity contribution is 14.1. The molecule has 0 N–H and O–H groups in total. The smallest absolute Gasteiger partial charge is 0.126 e. The quantitative estimate of drug-likeness (QED) is 0.629. The van der Waals surface area contributed by atoms with Crippen molar-refractivity contribution in [2.24, 2.45) is 0 Å². The largest absolute Gasteiger partial charge is 0.497 e. The van der Waals surface area contributed by atoms with E-state index in [0.717, 1.165) is 11.5 Å². The normalized spacial score (nSPS) is 12.3. The maximum Gasteiger partial charge on any atom is 0.126 e. The molecule has 0 spiro atoms. The second kappa shape index (κ2) is 4.69. The van der Waals surface area contributed by atoms with Gasteiger partial charge in [0.2, 0.25) is 0 Å². The fourth-order valence-corrected chi connectivity index (χ4v) is 1.66. The van der Waals surface area contributed by atoms with Crippen LogP contribution in [0.3, 0.4) is 0 Å². The number of rotatable bonds is 3. The first-order valence-electron chi connectivity index (χ1n) is 4.05. The van der Waals surface area contributed by atoms with Gasteiger partial charge < -0.3 is 9.47 Å². The first-order chi connectivity index (χ1) is 6.19. The minimum Gasteiger partial charge on any atom is -0.497 e. The molecule has 1 rings (SSSR count). The fourth-order valence-electron chi connectivity index (χ4n) is 1.15. The third-order valence-electron chi connectivity index (χ3n) is 1.87. The van der Waals surface area contributed by atoms with Crippen molar-refractivity contribution in [3.8, 4) is 11.5 Å². The summed E-state index contributed by atoms with van der Waals surface area (Å²) < 4.78 is 10.8. The van der Waals surface area contributed by atoms with Gasteiger partial charge in [0.25, 0.3) is 0 Å². The molecule has 0 fully saturated rings. The van der Waals surface area contributed by atoms with Crippen molar-refractivity contribution in [1.29, 1.82) is 0 Å². The molecular weight excluding hydrogens is 279 g/mol. The summed E-state index contributed by atoms with van der Waals surface area (Å²) in [4.78, 5) is 0. The molecule has 0 aliphatic heterocycles. The van der Waals surface area contributed by atoms with Crippen LogP contribution in [0, 0.1) is 0 Å². The summed E-state index contributed by atoms with van der Waals surface area (Å²) in [5.74, 6) is 1.72. The number of halogens is 1. The molecule has 1 atom stereocenters. The number of methoxy groups -OCH3 is 2. The van der Waals surface area contributed by atoms with E-state index in [1.807, 2.05) is 18.2 Å². The van der Waals surface area contributed by atoms with E-state index in [1.54, 1.807) is 14.2 Å². The van der Waals surface area contributed by atoms with E-state index in [4.69, 9.17) is 9.47 Å².